The summed E-state index contributed by atoms with van der Waals surface area (Å²) >= 11 is 0. The molecular formula is C17H29NO. The largest absolute Gasteiger partial charge is 0.315 e. The van der Waals surface area contributed by atoms with Crippen LogP contribution in [0.1, 0.15) is 54.4 Å². The number of hydrogen-bond donors (Lipinski definition) is 0. The number of carbonyl (C=O) groups is 1. The lowest BCUT2D eigenvalue weighted by molar-refractivity contribution is -0.136. The summed E-state index contributed by atoms with van der Waals surface area (Å²) in [6.07, 6.45) is 8.08. The van der Waals surface area contributed by atoms with E-state index >= 15 is 0 Å². The molecule has 0 saturated carbocycles. The van der Waals surface area contributed by atoms with Gasteiger partial charge in [-0.2, -0.15) is 0 Å². The molecule has 2 nitrogen and oxygen atoms in total. The first-order valence-corrected chi connectivity index (χ1v) is 6.91. The molecule has 0 aliphatic rings. The molecule has 108 valence electrons. The number of hydrogen-bond acceptors (Lipinski definition) is 1. The van der Waals surface area contributed by atoms with Crippen LogP contribution in [0.2, 0.25) is 0 Å². The molecule has 0 bridgehead atoms. The summed E-state index contributed by atoms with van der Waals surface area (Å²) in [4.78, 5) is 13.8. The van der Waals surface area contributed by atoms with Gasteiger partial charge in [0.25, 0.3) is 0 Å². The van der Waals surface area contributed by atoms with Gasteiger partial charge in [-0.3, -0.25) is 4.79 Å². The molecule has 0 N–H and O–H groups in total. The predicted molar refractivity (Wildman–Crippen MR) is 83.8 cm³/mol. The third-order valence-electron chi connectivity index (χ3n) is 2.85. The molecule has 0 spiro atoms. The number of amides is 1. The molecule has 0 aliphatic heterocycles. The quantitative estimate of drug-likeness (QED) is 0.636. The highest BCUT2D eigenvalue weighted by Crippen LogP contribution is 2.18. The van der Waals surface area contributed by atoms with E-state index in [2.05, 4.69) is 39.5 Å². The summed E-state index contributed by atoms with van der Waals surface area (Å²) in [7, 11) is 0. The Hall–Kier alpha value is -1.31. The van der Waals surface area contributed by atoms with Crippen molar-refractivity contribution in [2.45, 2.75) is 54.4 Å². The van der Waals surface area contributed by atoms with Gasteiger partial charge in [-0.05, 0) is 39.8 Å². The van der Waals surface area contributed by atoms with Gasteiger partial charge in [-0.15, -0.1) is 0 Å². The molecule has 0 aliphatic carbocycles. The van der Waals surface area contributed by atoms with Gasteiger partial charge in [-0.25, -0.2) is 0 Å². The van der Waals surface area contributed by atoms with Crippen LogP contribution in [0.15, 0.2) is 36.1 Å². The summed E-state index contributed by atoms with van der Waals surface area (Å²) in [5, 5.41) is 0. The van der Waals surface area contributed by atoms with Gasteiger partial charge in [0.15, 0.2) is 0 Å². The highest BCUT2D eigenvalue weighted by atomic mass is 16.2. The van der Waals surface area contributed by atoms with Gasteiger partial charge in [0.05, 0.1) is 0 Å². The van der Waals surface area contributed by atoms with E-state index in [9.17, 15) is 4.79 Å². The normalized spacial score (nSPS) is 12.0. The van der Waals surface area contributed by atoms with Crippen molar-refractivity contribution in [3.63, 3.8) is 0 Å². The maximum absolute atomic E-state index is 12.1. The average molecular weight is 263 g/mol. The Morgan fingerprint density at radius 2 is 1.74 bits per heavy atom. The Bertz CT molecular complexity index is 365. The van der Waals surface area contributed by atoms with Crippen molar-refractivity contribution in [2.24, 2.45) is 5.41 Å². The maximum atomic E-state index is 12.1. The minimum Gasteiger partial charge on any atom is -0.315 e. The SMILES string of the molecule is C=CN(C/C=C(/C)CCC=C(C)C)C(=O)C(C)(C)C. The van der Waals surface area contributed by atoms with E-state index in [1.165, 1.54) is 11.1 Å². The number of nitrogens with zero attached hydrogens (tertiary/aromatic N) is 1. The van der Waals surface area contributed by atoms with E-state index in [1.54, 1.807) is 11.1 Å². The zero-order valence-electron chi connectivity index (χ0n) is 13.4. The first kappa shape index (κ1) is 17.7. The molecule has 0 aromatic rings. The predicted octanol–water partition coefficient (Wildman–Crippen LogP) is 4.70. The topological polar surface area (TPSA) is 20.3 Å². The van der Waals surface area contributed by atoms with Crippen LogP contribution in [0.25, 0.3) is 0 Å². The van der Waals surface area contributed by atoms with Crippen molar-refractivity contribution in [2.75, 3.05) is 6.54 Å². The third-order valence-corrected chi connectivity index (χ3v) is 2.85. The summed E-state index contributed by atoms with van der Waals surface area (Å²) in [6.45, 7) is 16.5. The summed E-state index contributed by atoms with van der Waals surface area (Å²) in [6, 6.07) is 0. The van der Waals surface area contributed by atoms with Crippen molar-refractivity contribution >= 4 is 5.91 Å². The van der Waals surface area contributed by atoms with E-state index in [0.717, 1.165) is 12.8 Å². The van der Waals surface area contributed by atoms with Crippen LogP contribution in [0.4, 0.5) is 0 Å². The molecule has 0 saturated heterocycles. The molecule has 0 radical (unpaired) electrons. The maximum Gasteiger partial charge on any atom is 0.232 e. The van der Waals surface area contributed by atoms with Crippen LogP contribution < -0.4 is 0 Å². The van der Waals surface area contributed by atoms with Crippen LogP contribution >= 0.6 is 0 Å². The lowest BCUT2D eigenvalue weighted by Gasteiger charge is -2.25. The van der Waals surface area contributed by atoms with E-state index in [-0.39, 0.29) is 11.3 Å². The third kappa shape index (κ3) is 7.66. The smallest absolute Gasteiger partial charge is 0.232 e. The zero-order chi connectivity index (χ0) is 15.1. The number of allylic oxidation sites excluding steroid dienone is 3. The Morgan fingerprint density at radius 1 is 1.16 bits per heavy atom. The van der Waals surface area contributed by atoms with Crippen molar-refractivity contribution in [1.29, 1.82) is 0 Å². The molecular weight excluding hydrogens is 234 g/mol. The zero-order valence-corrected chi connectivity index (χ0v) is 13.4. The van der Waals surface area contributed by atoms with Crippen LogP contribution in [0.5, 0.6) is 0 Å². The van der Waals surface area contributed by atoms with Crippen molar-refractivity contribution < 1.29 is 4.79 Å². The molecule has 0 rings (SSSR count). The Morgan fingerprint density at radius 3 is 2.16 bits per heavy atom. The van der Waals surface area contributed by atoms with E-state index in [1.807, 2.05) is 20.8 Å². The molecule has 0 heterocycles. The van der Waals surface area contributed by atoms with Crippen molar-refractivity contribution in [3.8, 4) is 0 Å². The molecule has 0 unspecified atom stereocenters. The second kappa shape index (κ2) is 7.98. The van der Waals surface area contributed by atoms with Gasteiger partial charge in [0.2, 0.25) is 5.91 Å². The lowest BCUT2D eigenvalue weighted by Crippen LogP contribution is -2.35. The van der Waals surface area contributed by atoms with E-state index in [0.29, 0.717) is 6.54 Å². The Balaban J connectivity index is 4.45. The molecule has 0 atom stereocenters. The van der Waals surface area contributed by atoms with Gasteiger partial charge >= 0.3 is 0 Å². The molecule has 0 fully saturated rings. The molecule has 1 amide bonds. The Labute approximate surface area is 118 Å². The molecule has 0 aromatic carbocycles. The van der Waals surface area contributed by atoms with Crippen molar-refractivity contribution in [3.05, 3.63) is 36.1 Å². The van der Waals surface area contributed by atoms with E-state index < -0.39 is 0 Å². The fourth-order valence-corrected chi connectivity index (χ4v) is 1.62. The molecule has 0 aromatic heterocycles. The summed E-state index contributed by atoms with van der Waals surface area (Å²) < 4.78 is 0. The standard InChI is InChI=1S/C17H29NO/c1-8-18(16(19)17(5,6)7)13-12-15(4)11-9-10-14(2)3/h8,10,12H,1,9,11,13H2,2-7H3/b15-12-. The van der Waals surface area contributed by atoms with Gasteiger partial charge < -0.3 is 4.90 Å². The van der Waals surface area contributed by atoms with Crippen LogP contribution in [0.3, 0.4) is 0 Å². The minimum atomic E-state index is -0.363. The first-order chi connectivity index (χ1) is 8.68. The highest BCUT2D eigenvalue weighted by molar-refractivity contribution is 5.82. The monoisotopic (exact) mass is 263 g/mol. The number of carbonyl (C=O) groups excluding carboxylic acids is 1. The lowest BCUT2D eigenvalue weighted by atomic mass is 9.95. The van der Waals surface area contributed by atoms with Crippen LogP contribution in [-0.2, 0) is 4.79 Å². The second-order valence-corrected chi connectivity index (χ2v) is 6.26. The number of rotatable bonds is 6. The first-order valence-electron chi connectivity index (χ1n) is 6.91. The fourth-order valence-electron chi connectivity index (χ4n) is 1.62. The van der Waals surface area contributed by atoms with Gasteiger partial charge in [-0.1, -0.05) is 50.6 Å². The van der Waals surface area contributed by atoms with Crippen molar-refractivity contribution in [1.82, 2.24) is 4.90 Å². The summed E-state index contributed by atoms with van der Waals surface area (Å²) in [5.74, 6) is 0.107. The Kier molecular flexibility index (Phi) is 7.43. The molecule has 19 heavy (non-hydrogen) atoms. The minimum absolute atomic E-state index is 0.107. The summed E-state index contributed by atoms with van der Waals surface area (Å²) in [5.41, 5.74) is 2.30. The fraction of sp³-hybridized carbons (Fsp3) is 0.588. The van der Waals surface area contributed by atoms with Crippen LogP contribution in [0, 0.1) is 5.41 Å². The van der Waals surface area contributed by atoms with Crippen LogP contribution in [-0.4, -0.2) is 17.4 Å². The second-order valence-electron chi connectivity index (χ2n) is 6.26. The average Bonchev–Trinajstić information content (AvgIpc) is 2.27. The van der Waals surface area contributed by atoms with Gasteiger partial charge in [0, 0.05) is 12.0 Å². The van der Waals surface area contributed by atoms with Gasteiger partial charge in [0.1, 0.15) is 0 Å². The highest BCUT2D eigenvalue weighted by Gasteiger charge is 2.25. The van der Waals surface area contributed by atoms with E-state index in [4.69, 9.17) is 0 Å². The molecule has 2 heteroatoms.